The Hall–Kier alpha value is -2.37. The van der Waals surface area contributed by atoms with Crippen LogP contribution < -0.4 is 5.56 Å². The van der Waals surface area contributed by atoms with Crippen LogP contribution in [0.15, 0.2) is 39.9 Å². The van der Waals surface area contributed by atoms with Crippen molar-refractivity contribution in [1.29, 1.82) is 0 Å². The molecule has 0 fully saturated rings. The van der Waals surface area contributed by atoms with Crippen molar-refractivity contribution in [3.63, 3.8) is 0 Å². The predicted molar refractivity (Wildman–Crippen MR) is 53.3 cm³/mol. The van der Waals surface area contributed by atoms with Gasteiger partial charge in [-0.15, -0.1) is 0 Å². The van der Waals surface area contributed by atoms with Crippen LogP contribution in [0.2, 0.25) is 0 Å². The molecule has 2 aromatic rings. The zero-order valence-electron chi connectivity index (χ0n) is 8.16. The van der Waals surface area contributed by atoms with Gasteiger partial charge in [0.05, 0.1) is 6.26 Å². The Morgan fingerprint density at radius 2 is 2.31 bits per heavy atom. The number of furan rings is 1. The Kier molecular flexibility index (Phi) is 2.55. The average molecular weight is 220 g/mol. The summed E-state index contributed by atoms with van der Waals surface area (Å²) >= 11 is 0. The topological polar surface area (TPSA) is 85.3 Å². The number of carboxylic acids is 1. The van der Waals surface area contributed by atoms with Crippen molar-refractivity contribution >= 4 is 5.97 Å². The number of hydrogen-bond donors (Lipinski definition) is 1. The first-order valence-electron chi connectivity index (χ1n) is 4.50. The van der Waals surface area contributed by atoms with Crippen LogP contribution in [0.5, 0.6) is 0 Å². The molecule has 2 heterocycles. The highest BCUT2D eigenvalue weighted by atomic mass is 16.4. The minimum absolute atomic E-state index is 0.00824. The van der Waals surface area contributed by atoms with E-state index >= 15 is 0 Å². The van der Waals surface area contributed by atoms with Crippen LogP contribution in [-0.2, 0) is 6.54 Å². The van der Waals surface area contributed by atoms with Gasteiger partial charge < -0.3 is 9.52 Å². The highest BCUT2D eigenvalue weighted by Crippen LogP contribution is 2.10. The number of rotatable bonds is 3. The van der Waals surface area contributed by atoms with Crippen molar-refractivity contribution in [2.75, 3.05) is 0 Å². The Balaban J connectivity index is 2.35. The highest BCUT2D eigenvalue weighted by Gasteiger charge is 2.14. The number of nitrogens with zero attached hydrogens (tertiary/aromatic N) is 2. The summed E-state index contributed by atoms with van der Waals surface area (Å²) in [4.78, 5) is 22.1. The first-order chi connectivity index (χ1) is 7.68. The molecule has 6 nitrogen and oxygen atoms in total. The van der Waals surface area contributed by atoms with E-state index < -0.39 is 5.97 Å². The Labute approximate surface area is 89.7 Å². The first kappa shape index (κ1) is 10.2. The molecule has 2 aromatic heterocycles. The molecule has 0 aromatic carbocycles. The molecule has 0 aliphatic carbocycles. The summed E-state index contributed by atoms with van der Waals surface area (Å²) in [5, 5.41) is 12.6. The zero-order chi connectivity index (χ0) is 11.5. The summed E-state index contributed by atoms with van der Waals surface area (Å²) in [7, 11) is 0. The summed E-state index contributed by atoms with van der Waals surface area (Å²) in [6, 6.07) is 4.20. The molecule has 1 N–H and O–H groups in total. The maximum Gasteiger partial charge on any atom is 0.339 e. The Morgan fingerprint density at radius 3 is 3.00 bits per heavy atom. The average Bonchev–Trinajstić information content (AvgIpc) is 2.69. The second kappa shape index (κ2) is 4.01. The van der Waals surface area contributed by atoms with E-state index in [9.17, 15) is 9.59 Å². The molecule has 0 saturated carbocycles. The van der Waals surface area contributed by atoms with Gasteiger partial charge in [0.15, 0.2) is 0 Å². The number of carboxylic acid groups (broad SMARTS) is 1. The van der Waals surface area contributed by atoms with Crippen molar-refractivity contribution in [2.45, 2.75) is 6.54 Å². The second-order valence-corrected chi connectivity index (χ2v) is 3.08. The molecule has 0 saturated heterocycles. The summed E-state index contributed by atoms with van der Waals surface area (Å²) in [5.41, 5.74) is -0.271. The van der Waals surface area contributed by atoms with Gasteiger partial charge in [-0.25, -0.2) is 9.48 Å². The maximum absolute atomic E-state index is 11.3. The predicted octanol–water partition coefficient (Wildman–Crippen LogP) is 0.583. The Bertz CT molecular complexity index is 570. The summed E-state index contributed by atoms with van der Waals surface area (Å²) in [6.07, 6.45) is 2.72. The van der Waals surface area contributed by atoms with Gasteiger partial charge in [-0.2, -0.15) is 5.10 Å². The van der Waals surface area contributed by atoms with Crippen LogP contribution in [0, 0.1) is 0 Å². The van der Waals surface area contributed by atoms with Crippen molar-refractivity contribution in [1.82, 2.24) is 9.78 Å². The molecule has 0 spiro atoms. The molecule has 0 unspecified atom stereocenters. The zero-order valence-corrected chi connectivity index (χ0v) is 8.16. The Morgan fingerprint density at radius 1 is 1.50 bits per heavy atom. The van der Waals surface area contributed by atoms with Crippen molar-refractivity contribution in [3.8, 4) is 0 Å². The van der Waals surface area contributed by atoms with Gasteiger partial charge in [0.2, 0.25) is 0 Å². The minimum atomic E-state index is -1.09. The summed E-state index contributed by atoms with van der Waals surface area (Å²) < 4.78 is 6.13. The van der Waals surface area contributed by atoms with Crippen LogP contribution >= 0.6 is 0 Å². The standard InChI is InChI=1S/C10H8N2O4/c13-9-2-1-4-11-12(9)6-8-7(10(14)15)3-5-16-8/h1-5H,6H2,(H,14,15). The summed E-state index contributed by atoms with van der Waals surface area (Å²) in [5.74, 6) is -0.888. The molecular weight excluding hydrogens is 212 g/mol. The molecule has 6 heteroatoms. The van der Waals surface area contributed by atoms with E-state index in [0.717, 1.165) is 4.68 Å². The van der Waals surface area contributed by atoms with Crippen molar-refractivity contribution < 1.29 is 14.3 Å². The van der Waals surface area contributed by atoms with Gasteiger partial charge >= 0.3 is 5.97 Å². The SMILES string of the molecule is O=C(O)c1ccoc1Cn1ncccc1=O. The fraction of sp³-hybridized carbons (Fsp3) is 0.100. The van der Waals surface area contributed by atoms with E-state index in [4.69, 9.17) is 9.52 Å². The van der Waals surface area contributed by atoms with Crippen molar-refractivity contribution in [2.24, 2.45) is 0 Å². The molecule has 0 aliphatic heterocycles. The first-order valence-corrected chi connectivity index (χ1v) is 4.50. The largest absolute Gasteiger partial charge is 0.478 e. The van der Waals surface area contributed by atoms with E-state index in [0.29, 0.717) is 0 Å². The van der Waals surface area contributed by atoms with Crippen molar-refractivity contribution in [3.05, 3.63) is 52.3 Å². The molecule has 0 bridgehead atoms. The fourth-order valence-electron chi connectivity index (χ4n) is 1.30. The second-order valence-electron chi connectivity index (χ2n) is 3.08. The monoisotopic (exact) mass is 220 g/mol. The van der Waals surface area contributed by atoms with E-state index in [1.807, 2.05) is 0 Å². The van der Waals surface area contributed by atoms with Crippen LogP contribution in [0.4, 0.5) is 0 Å². The number of aromatic nitrogens is 2. The van der Waals surface area contributed by atoms with Crippen LogP contribution in [0.1, 0.15) is 16.1 Å². The normalized spacial score (nSPS) is 10.2. The molecular formula is C10H8N2O4. The lowest BCUT2D eigenvalue weighted by Crippen LogP contribution is -2.22. The lowest BCUT2D eigenvalue weighted by molar-refractivity contribution is 0.0694. The molecule has 0 amide bonds. The molecule has 16 heavy (non-hydrogen) atoms. The van der Waals surface area contributed by atoms with E-state index in [1.54, 1.807) is 0 Å². The number of carbonyl (C=O) groups is 1. The molecule has 2 rings (SSSR count). The van der Waals surface area contributed by atoms with E-state index in [1.165, 1.54) is 30.7 Å². The van der Waals surface area contributed by atoms with E-state index in [2.05, 4.69) is 5.10 Å². The quantitative estimate of drug-likeness (QED) is 0.817. The third-order valence-electron chi connectivity index (χ3n) is 2.05. The third kappa shape index (κ3) is 1.85. The summed E-state index contributed by atoms with van der Waals surface area (Å²) in [6.45, 7) is 0.00824. The van der Waals surface area contributed by atoms with Gasteiger partial charge in [-0.1, -0.05) is 0 Å². The van der Waals surface area contributed by atoms with Gasteiger partial charge in [-0.05, 0) is 12.1 Å². The maximum atomic E-state index is 11.3. The molecule has 0 aliphatic rings. The van der Waals surface area contributed by atoms with Gasteiger partial charge in [0.1, 0.15) is 17.9 Å². The van der Waals surface area contributed by atoms with Gasteiger partial charge in [-0.3, -0.25) is 4.79 Å². The third-order valence-corrected chi connectivity index (χ3v) is 2.05. The highest BCUT2D eigenvalue weighted by molar-refractivity contribution is 5.88. The molecule has 82 valence electrons. The van der Waals surface area contributed by atoms with Crippen LogP contribution in [-0.4, -0.2) is 20.9 Å². The number of hydrogen-bond acceptors (Lipinski definition) is 4. The lowest BCUT2D eigenvalue weighted by atomic mass is 10.2. The lowest BCUT2D eigenvalue weighted by Gasteiger charge is -2.01. The number of aromatic carboxylic acids is 1. The fourth-order valence-corrected chi connectivity index (χ4v) is 1.30. The molecule has 0 atom stereocenters. The smallest absolute Gasteiger partial charge is 0.339 e. The minimum Gasteiger partial charge on any atom is -0.478 e. The van der Waals surface area contributed by atoms with Gasteiger partial charge in [0, 0.05) is 12.3 Å². The van der Waals surface area contributed by atoms with Crippen LogP contribution in [0.3, 0.4) is 0 Å². The van der Waals surface area contributed by atoms with E-state index in [-0.39, 0.29) is 23.4 Å². The van der Waals surface area contributed by atoms with Crippen LogP contribution in [0.25, 0.3) is 0 Å². The molecule has 0 radical (unpaired) electrons. The van der Waals surface area contributed by atoms with Gasteiger partial charge in [0.25, 0.3) is 5.56 Å².